The van der Waals surface area contributed by atoms with Crippen LogP contribution in [0.25, 0.3) is 0 Å². The third kappa shape index (κ3) is 7.16. The summed E-state index contributed by atoms with van der Waals surface area (Å²) in [4.78, 5) is 13.5. The number of carbonyl (C=O) groups excluding carboxylic acids is 1. The van der Waals surface area contributed by atoms with Crippen LogP contribution in [0.1, 0.15) is 97.3 Å². The second-order valence-corrected chi connectivity index (χ2v) is 14.1. The van der Waals surface area contributed by atoms with Crippen LogP contribution in [0.2, 0.25) is 0 Å². The first-order chi connectivity index (χ1) is 19.5. The minimum absolute atomic E-state index is 0.186. The Bertz CT molecular complexity index is 989. The topological polar surface area (TPSA) is 55.1 Å². The van der Waals surface area contributed by atoms with E-state index in [0.717, 1.165) is 40.9 Å². The van der Waals surface area contributed by atoms with E-state index in [1.807, 2.05) is 66.7 Å². The fourth-order valence-electron chi connectivity index (χ4n) is 9.43. The maximum atomic E-state index is 12.4. The highest BCUT2D eigenvalue weighted by Crippen LogP contribution is 2.67. The van der Waals surface area contributed by atoms with Crippen LogP contribution in [0.5, 0.6) is 0 Å². The zero-order valence-corrected chi connectivity index (χ0v) is 26.1. The predicted octanol–water partition coefficient (Wildman–Crippen LogP) is 9.29. The fourth-order valence-corrected chi connectivity index (χ4v) is 10.1. The van der Waals surface area contributed by atoms with Crippen molar-refractivity contribution in [2.75, 3.05) is 7.05 Å². The minimum Gasteiger partial charge on any atom is -0.333 e. The Morgan fingerprint density at radius 3 is 2.15 bits per heavy atom. The quantitative estimate of drug-likeness (QED) is 0.345. The van der Waals surface area contributed by atoms with Gasteiger partial charge in [0.05, 0.1) is 0 Å². The Morgan fingerprint density at radius 2 is 1.45 bits per heavy atom. The third-order valence-electron chi connectivity index (χ3n) is 11.4. The highest BCUT2D eigenvalue weighted by Gasteiger charge is 2.59. The van der Waals surface area contributed by atoms with Gasteiger partial charge in [0.15, 0.2) is 0 Å². The van der Waals surface area contributed by atoms with E-state index in [1.54, 1.807) is 0 Å². The molecule has 2 aromatic carbocycles. The molecule has 0 bridgehead atoms. The summed E-state index contributed by atoms with van der Waals surface area (Å²) in [6.07, 6.45) is 17.7. The molecule has 4 aliphatic rings. The van der Waals surface area contributed by atoms with E-state index >= 15 is 0 Å². The van der Waals surface area contributed by atoms with Crippen molar-refractivity contribution in [3.63, 3.8) is 0 Å². The van der Waals surface area contributed by atoms with Crippen LogP contribution < -0.4 is 10.5 Å². The van der Waals surface area contributed by atoms with Crippen LogP contribution in [0.4, 0.5) is 0 Å². The van der Waals surface area contributed by atoms with Gasteiger partial charge >= 0.3 is 0 Å². The predicted molar refractivity (Wildman–Crippen MR) is 171 cm³/mol. The molecule has 7 unspecified atom stereocenters. The van der Waals surface area contributed by atoms with Gasteiger partial charge in [-0.3, -0.25) is 9.52 Å². The molecule has 2 aromatic rings. The first-order valence-corrected chi connectivity index (χ1v) is 16.9. The van der Waals surface area contributed by atoms with E-state index in [0.29, 0.717) is 17.3 Å². The van der Waals surface area contributed by atoms with Crippen LogP contribution in [0.15, 0.2) is 71.6 Å². The summed E-state index contributed by atoms with van der Waals surface area (Å²) in [6, 6.07) is 22.1. The smallest absolute Gasteiger partial charge is 0.230 e. The van der Waals surface area contributed by atoms with Crippen molar-refractivity contribution >= 4 is 17.9 Å². The molecular formula is C36H54N2OS. The zero-order valence-electron chi connectivity index (χ0n) is 25.3. The lowest BCUT2D eigenvalue weighted by atomic mass is 9.45. The maximum absolute atomic E-state index is 12.4. The largest absolute Gasteiger partial charge is 0.333 e. The van der Waals surface area contributed by atoms with Crippen molar-refractivity contribution in [2.45, 2.75) is 102 Å². The third-order valence-corrected chi connectivity index (χ3v) is 12.3. The summed E-state index contributed by atoms with van der Waals surface area (Å²) in [5, 5.41) is 0. The highest BCUT2D eigenvalue weighted by atomic mass is 32.2. The van der Waals surface area contributed by atoms with Crippen LogP contribution in [0.3, 0.4) is 0 Å². The summed E-state index contributed by atoms with van der Waals surface area (Å²) >= 11 is 1.45. The lowest BCUT2D eigenvalue weighted by Gasteiger charge is -2.60. The van der Waals surface area contributed by atoms with Crippen molar-refractivity contribution in [3.05, 3.63) is 66.7 Å². The molecule has 0 radical (unpaired) electrons. The van der Waals surface area contributed by atoms with Gasteiger partial charge in [0.25, 0.3) is 0 Å². The van der Waals surface area contributed by atoms with Crippen molar-refractivity contribution in [1.82, 2.24) is 4.72 Å². The van der Waals surface area contributed by atoms with Gasteiger partial charge in [-0.05, 0) is 136 Å². The average molecular weight is 563 g/mol. The normalized spacial score (nSPS) is 34.0. The van der Waals surface area contributed by atoms with Gasteiger partial charge in [-0.1, -0.05) is 81.3 Å². The Hall–Kier alpha value is -1.78. The highest BCUT2D eigenvalue weighted by molar-refractivity contribution is 7.98. The monoisotopic (exact) mass is 562 g/mol. The molecule has 40 heavy (non-hydrogen) atoms. The molecule has 0 heterocycles. The first-order valence-electron chi connectivity index (χ1n) is 16.1. The molecule has 6 rings (SSSR count). The van der Waals surface area contributed by atoms with Crippen molar-refractivity contribution in [3.8, 4) is 0 Å². The van der Waals surface area contributed by atoms with Gasteiger partial charge in [-0.2, -0.15) is 0 Å². The summed E-state index contributed by atoms with van der Waals surface area (Å²) in [5.41, 5.74) is 5.68. The van der Waals surface area contributed by atoms with E-state index in [9.17, 15) is 4.79 Å². The summed E-state index contributed by atoms with van der Waals surface area (Å²) in [5.74, 6) is 4.98. The minimum atomic E-state index is 0.186. The standard InChI is InChI=1S/C29H43NOS.C6H6.CH5N/c1-28-19-7-6-9-21(28)14-16-24-25-17-15-22(29(25,2)20-18-26(24)28)10-8-13-27(31)30-32-23-11-4-3-5-12-23;1-2-4-6-5-3-1;1-2/h3-5,11-12,21-22,24-26H,6-10,13-20H2,1-2H3,(H,30,31);1-6H;2H2,1H3. The van der Waals surface area contributed by atoms with E-state index in [-0.39, 0.29) is 5.91 Å². The van der Waals surface area contributed by atoms with E-state index in [1.165, 1.54) is 89.6 Å². The SMILES string of the molecule is CC12CCCCC1CCC1C2CCC2(C)C(CCCC(=O)NSc3ccccc3)CCC12.CN.c1ccccc1. The number of hydrogen-bond donors (Lipinski definition) is 2. The number of amides is 1. The Kier molecular flexibility index (Phi) is 11.6. The molecule has 1 amide bonds. The number of nitrogens with one attached hydrogen (secondary N) is 1. The van der Waals surface area contributed by atoms with E-state index < -0.39 is 0 Å². The summed E-state index contributed by atoms with van der Waals surface area (Å²) in [7, 11) is 1.50. The Balaban J connectivity index is 0.000000404. The molecule has 4 heteroatoms. The van der Waals surface area contributed by atoms with E-state index in [4.69, 9.17) is 0 Å². The molecule has 0 saturated heterocycles. The fraction of sp³-hybridized carbons (Fsp3) is 0.639. The molecular weight excluding hydrogens is 508 g/mol. The lowest BCUT2D eigenvalue weighted by molar-refractivity contribution is -0.119. The number of nitrogens with two attached hydrogens (primary N) is 1. The van der Waals surface area contributed by atoms with Gasteiger partial charge in [0.2, 0.25) is 5.91 Å². The molecule has 3 nitrogen and oxygen atoms in total. The molecule has 0 spiro atoms. The van der Waals surface area contributed by atoms with Crippen molar-refractivity contribution in [1.29, 1.82) is 0 Å². The molecule has 3 N–H and O–H groups in total. The average Bonchev–Trinajstić information content (AvgIpc) is 3.34. The second-order valence-electron chi connectivity index (χ2n) is 13.2. The second kappa shape index (κ2) is 14.9. The molecule has 4 aliphatic carbocycles. The zero-order chi connectivity index (χ0) is 28.4. The van der Waals surface area contributed by atoms with Crippen LogP contribution in [-0.2, 0) is 4.79 Å². The Morgan fingerprint density at radius 1 is 0.800 bits per heavy atom. The molecule has 0 aliphatic heterocycles. The molecule has 0 aromatic heterocycles. The van der Waals surface area contributed by atoms with Crippen LogP contribution in [-0.4, -0.2) is 13.0 Å². The molecule has 4 fully saturated rings. The lowest BCUT2D eigenvalue weighted by Crippen LogP contribution is -2.52. The number of rotatable bonds is 6. The maximum Gasteiger partial charge on any atom is 0.230 e. The Labute approximate surface area is 249 Å². The van der Waals surface area contributed by atoms with Gasteiger partial charge in [-0.15, -0.1) is 0 Å². The van der Waals surface area contributed by atoms with Crippen molar-refractivity contribution in [2.24, 2.45) is 46.2 Å². The van der Waals surface area contributed by atoms with Gasteiger partial charge in [0, 0.05) is 11.3 Å². The van der Waals surface area contributed by atoms with Gasteiger partial charge in [0.1, 0.15) is 0 Å². The van der Waals surface area contributed by atoms with Gasteiger partial charge < -0.3 is 5.73 Å². The number of carbonyl (C=O) groups is 1. The number of hydrogen-bond acceptors (Lipinski definition) is 3. The van der Waals surface area contributed by atoms with Gasteiger partial charge in [-0.25, -0.2) is 0 Å². The number of fused-ring (bicyclic) bond motifs is 5. The molecule has 7 atom stereocenters. The van der Waals surface area contributed by atoms with Crippen LogP contribution >= 0.6 is 11.9 Å². The van der Waals surface area contributed by atoms with Crippen molar-refractivity contribution < 1.29 is 4.79 Å². The first kappa shape index (κ1) is 31.2. The molecule has 4 saturated carbocycles. The van der Waals surface area contributed by atoms with Crippen LogP contribution in [0, 0.1) is 40.4 Å². The van der Waals surface area contributed by atoms with E-state index in [2.05, 4.69) is 24.3 Å². The number of benzene rings is 2. The summed E-state index contributed by atoms with van der Waals surface area (Å²) < 4.78 is 3.04. The molecule has 220 valence electrons. The summed E-state index contributed by atoms with van der Waals surface area (Å²) in [6.45, 7) is 5.33.